The third-order valence-corrected chi connectivity index (χ3v) is 4.08. The average Bonchev–Trinajstić information content (AvgIpc) is 2.38. The van der Waals surface area contributed by atoms with Crippen LogP contribution in [0.5, 0.6) is 0 Å². The SMILES string of the molecule is CC(=O)c1cc(Sc2nc(C)c(C)c(C)n2)ccc1N. The highest BCUT2D eigenvalue weighted by Gasteiger charge is 2.10. The Morgan fingerprint density at radius 1 is 1.15 bits per heavy atom. The molecule has 2 aromatic rings. The lowest BCUT2D eigenvalue weighted by Gasteiger charge is -2.08. The second kappa shape index (κ2) is 5.63. The van der Waals surface area contributed by atoms with Gasteiger partial charge in [0.2, 0.25) is 0 Å². The molecule has 5 heteroatoms. The number of aryl methyl sites for hydroxylation is 2. The van der Waals surface area contributed by atoms with E-state index in [0.29, 0.717) is 16.4 Å². The number of nitrogens with zero attached hydrogens (tertiary/aromatic N) is 2. The van der Waals surface area contributed by atoms with Crippen molar-refractivity contribution in [3.8, 4) is 0 Å². The number of hydrogen-bond acceptors (Lipinski definition) is 5. The normalized spacial score (nSPS) is 10.6. The van der Waals surface area contributed by atoms with Gasteiger partial charge in [-0.1, -0.05) is 0 Å². The van der Waals surface area contributed by atoms with Crippen LogP contribution in [-0.2, 0) is 0 Å². The van der Waals surface area contributed by atoms with Crippen molar-refractivity contribution in [1.29, 1.82) is 0 Å². The second-order valence-electron chi connectivity index (χ2n) is 4.71. The average molecular weight is 287 g/mol. The number of hydrogen-bond donors (Lipinski definition) is 1. The molecule has 4 nitrogen and oxygen atoms in total. The molecule has 1 heterocycles. The Morgan fingerprint density at radius 2 is 1.75 bits per heavy atom. The number of rotatable bonds is 3. The fourth-order valence-electron chi connectivity index (χ4n) is 1.80. The molecule has 104 valence electrons. The third kappa shape index (κ3) is 2.99. The van der Waals surface area contributed by atoms with Gasteiger partial charge in [0.05, 0.1) is 0 Å². The quantitative estimate of drug-likeness (QED) is 0.532. The molecular formula is C15H17N3OS. The van der Waals surface area contributed by atoms with Gasteiger partial charge in [0.25, 0.3) is 0 Å². The molecule has 0 aliphatic heterocycles. The van der Waals surface area contributed by atoms with Crippen LogP contribution in [0.3, 0.4) is 0 Å². The first-order valence-electron chi connectivity index (χ1n) is 6.28. The number of nitrogen functional groups attached to an aromatic ring is 1. The van der Waals surface area contributed by atoms with Crippen LogP contribution in [0.1, 0.15) is 34.2 Å². The first-order valence-corrected chi connectivity index (χ1v) is 7.10. The van der Waals surface area contributed by atoms with E-state index >= 15 is 0 Å². The number of anilines is 1. The highest BCUT2D eigenvalue weighted by Crippen LogP contribution is 2.28. The van der Waals surface area contributed by atoms with Gasteiger partial charge in [0, 0.05) is 27.5 Å². The zero-order valence-corrected chi connectivity index (χ0v) is 12.8. The molecule has 1 aromatic heterocycles. The first kappa shape index (κ1) is 14.5. The molecule has 0 bridgehead atoms. The highest BCUT2D eigenvalue weighted by molar-refractivity contribution is 7.99. The van der Waals surface area contributed by atoms with Crippen LogP contribution in [0.15, 0.2) is 28.3 Å². The molecule has 0 radical (unpaired) electrons. The molecule has 0 fully saturated rings. The summed E-state index contributed by atoms with van der Waals surface area (Å²) in [5, 5.41) is 0.685. The zero-order chi connectivity index (χ0) is 14.9. The van der Waals surface area contributed by atoms with Crippen molar-refractivity contribution in [2.45, 2.75) is 37.7 Å². The fraction of sp³-hybridized carbons (Fsp3) is 0.267. The van der Waals surface area contributed by atoms with Gasteiger partial charge in [-0.3, -0.25) is 4.79 Å². The molecule has 0 unspecified atom stereocenters. The molecule has 2 rings (SSSR count). The number of carbonyl (C=O) groups excluding carboxylic acids is 1. The van der Waals surface area contributed by atoms with Crippen molar-refractivity contribution in [3.63, 3.8) is 0 Å². The number of Topliss-reactive ketones (excluding diaryl/α,β-unsaturated/α-hetero) is 1. The van der Waals surface area contributed by atoms with Crippen molar-refractivity contribution >= 4 is 23.2 Å². The zero-order valence-electron chi connectivity index (χ0n) is 12.0. The number of ketones is 1. The minimum atomic E-state index is -0.0397. The summed E-state index contributed by atoms with van der Waals surface area (Å²) in [5.41, 5.74) is 9.88. The summed E-state index contributed by atoms with van der Waals surface area (Å²) in [7, 11) is 0. The predicted octanol–water partition coefficient (Wildman–Crippen LogP) is 3.34. The Bertz CT molecular complexity index is 660. The van der Waals surface area contributed by atoms with Crippen LogP contribution in [0.4, 0.5) is 5.69 Å². The minimum Gasteiger partial charge on any atom is -0.398 e. The minimum absolute atomic E-state index is 0.0397. The summed E-state index contributed by atoms with van der Waals surface area (Å²) >= 11 is 1.43. The predicted molar refractivity (Wildman–Crippen MR) is 81.2 cm³/mol. The van der Waals surface area contributed by atoms with Gasteiger partial charge in [0.15, 0.2) is 10.9 Å². The molecular weight excluding hydrogens is 270 g/mol. The van der Waals surface area contributed by atoms with Crippen LogP contribution < -0.4 is 5.73 Å². The monoisotopic (exact) mass is 287 g/mol. The van der Waals surface area contributed by atoms with E-state index < -0.39 is 0 Å². The van der Waals surface area contributed by atoms with E-state index in [2.05, 4.69) is 9.97 Å². The number of nitrogens with two attached hydrogens (primary N) is 1. The van der Waals surface area contributed by atoms with Crippen molar-refractivity contribution in [1.82, 2.24) is 9.97 Å². The van der Waals surface area contributed by atoms with Gasteiger partial charge in [-0.25, -0.2) is 9.97 Å². The Balaban J connectivity index is 2.35. The Hall–Kier alpha value is -1.88. The molecule has 0 aliphatic carbocycles. The molecule has 0 atom stereocenters. The lowest BCUT2D eigenvalue weighted by Crippen LogP contribution is -2.00. The maximum absolute atomic E-state index is 11.5. The van der Waals surface area contributed by atoms with Crippen molar-refractivity contribution in [2.24, 2.45) is 0 Å². The van der Waals surface area contributed by atoms with E-state index in [4.69, 9.17) is 5.73 Å². The molecule has 2 N–H and O–H groups in total. The van der Waals surface area contributed by atoms with E-state index in [-0.39, 0.29) is 5.78 Å². The second-order valence-corrected chi connectivity index (χ2v) is 5.75. The van der Waals surface area contributed by atoms with E-state index in [0.717, 1.165) is 21.8 Å². The first-order chi connectivity index (χ1) is 9.38. The topological polar surface area (TPSA) is 68.9 Å². The molecule has 0 saturated carbocycles. The molecule has 1 aromatic carbocycles. The Morgan fingerprint density at radius 3 is 2.30 bits per heavy atom. The van der Waals surface area contributed by atoms with Gasteiger partial charge in [-0.2, -0.15) is 0 Å². The van der Waals surface area contributed by atoms with E-state index in [1.165, 1.54) is 18.7 Å². The lowest BCUT2D eigenvalue weighted by molar-refractivity contribution is 0.101. The summed E-state index contributed by atoms with van der Waals surface area (Å²) in [6.07, 6.45) is 0. The number of carbonyl (C=O) groups is 1. The molecule has 0 spiro atoms. The fourth-order valence-corrected chi connectivity index (χ4v) is 2.69. The maximum Gasteiger partial charge on any atom is 0.192 e. The van der Waals surface area contributed by atoms with Gasteiger partial charge < -0.3 is 5.73 Å². The van der Waals surface area contributed by atoms with Crippen molar-refractivity contribution in [2.75, 3.05) is 5.73 Å². The smallest absolute Gasteiger partial charge is 0.192 e. The highest BCUT2D eigenvalue weighted by atomic mass is 32.2. The van der Waals surface area contributed by atoms with Crippen LogP contribution >= 0.6 is 11.8 Å². The standard InChI is InChI=1S/C15H17N3OS/c1-8-9(2)17-15(18-10(8)3)20-12-5-6-14(16)13(7-12)11(4)19/h5-7H,16H2,1-4H3. The van der Waals surface area contributed by atoms with E-state index in [9.17, 15) is 4.79 Å². The van der Waals surface area contributed by atoms with E-state index in [1.54, 1.807) is 12.1 Å². The lowest BCUT2D eigenvalue weighted by atomic mass is 10.1. The Kier molecular flexibility index (Phi) is 4.09. The Labute approximate surface area is 122 Å². The van der Waals surface area contributed by atoms with Crippen molar-refractivity contribution in [3.05, 3.63) is 40.7 Å². The molecule has 0 saturated heterocycles. The largest absolute Gasteiger partial charge is 0.398 e. The third-order valence-electron chi connectivity index (χ3n) is 3.23. The van der Waals surface area contributed by atoms with Crippen LogP contribution in [0.2, 0.25) is 0 Å². The van der Waals surface area contributed by atoms with Gasteiger partial charge in [-0.15, -0.1) is 0 Å². The van der Waals surface area contributed by atoms with Crippen LogP contribution in [0.25, 0.3) is 0 Å². The van der Waals surface area contributed by atoms with Crippen molar-refractivity contribution < 1.29 is 4.79 Å². The van der Waals surface area contributed by atoms with Crippen LogP contribution in [0, 0.1) is 20.8 Å². The summed E-state index contributed by atoms with van der Waals surface area (Å²) in [6.45, 7) is 7.46. The molecule has 0 aliphatic rings. The van der Waals surface area contributed by atoms with E-state index in [1.807, 2.05) is 26.8 Å². The summed E-state index contributed by atoms with van der Waals surface area (Å²) in [4.78, 5) is 21.3. The van der Waals surface area contributed by atoms with Gasteiger partial charge in [-0.05, 0) is 63.2 Å². The summed E-state index contributed by atoms with van der Waals surface area (Å²) in [6, 6.07) is 5.41. The molecule has 0 amide bonds. The van der Waals surface area contributed by atoms with Gasteiger partial charge in [0.1, 0.15) is 0 Å². The number of benzene rings is 1. The number of aromatic nitrogens is 2. The molecule has 20 heavy (non-hydrogen) atoms. The maximum atomic E-state index is 11.5. The van der Waals surface area contributed by atoms with Gasteiger partial charge >= 0.3 is 0 Å². The summed E-state index contributed by atoms with van der Waals surface area (Å²) in [5.74, 6) is -0.0397. The van der Waals surface area contributed by atoms with Crippen LogP contribution in [-0.4, -0.2) is 15.8 Å². The summed E-state index contributed by atoms with van der Waals surface area (Å²) < 4.78 is 0.